The van der Waals surface area contributed by atoms with E-state index in [4.69, 9.17) is 9.47 Å². The maximum absolute atomic E-state index is 10.1. The van der Waals surface area contributed by atoms with Crippen molar-refractivity contribution >= 4 is 0 Å². The van der Waals surface area contributed by atoms with Gasteiger partial charge in [-0.15, -0.1) is 0 Å². The molecule has 2 aliphatic heterocycles. The molecule has 0 radical (unpaired) electrons. The summed E-state index contributed by atoms with van der Waals surface area (Å²) in [6.45, 7) is 2.20. The van der Waals surface area contributed by atoms with E-state index in [2.05, 4.69) is 5.32 Å². The Labute approximate surface area is 94.2 Å². The largest absolute Gasteiger partial charge is 0.504 e. The van der Waals surface area contributed by atoms with Crippen molar-refractivity contribution in [2.45, 2.75) is 18.8 Å². The molecule has 2 heterocycles. The SMILES string of the molecule is Oc1c(C2CCCNC2)ccc2c1OCO2. The molecule has 4 heteroatoms. The third-order valence-electron chi connectivity index (χ3n) is 3.28. The molecule has 0 spiro atoms. The highest BCUT2D eigenvalue weighted by atomic mass is 16.7. The van der Waals surface area contributed by atoms with Crippen LogP contribution in [0.25, 0.3) is 0 Å². The molecular weight excluding hydrogens is 206 g/mol. The average molecular weight is 221 g/mol. The van der Waals surface area contributed by atoms with Crippen molar-refractivity contribution in [1.82, 2.24) is 5.32 Å². The van der Waals surface area contributed by atoms with E-state index in [-0.39, 0.29) is 12.5 Å². The second kappa shape index (κ2) is 3.87. The van der Waals surface area contributed by atoms with Gasteiger partial charge in [-0.1, -0.05) is 6.07 Å². The molecule has 0 bridgehead atoms. The van der Waals surface area contributed by atoms with Crippen molar-refractivity contribution in [1.29, 1.82) is 0 Å². The van der Waals surface area contributed by atoms with Crippen LogP contribution in [0.1, 0.15) is 24.3 Å². The van der Waals surface area contributed by atoms with Crippen LogP contribution in [-0.4, -0.2) is 25.0 Å². The second-order valence-corrected chi connectivity index (χ2v) is 4.28. The zero-order valence-electron chi connectivity index (χ0n) is 9.03. The monoisotopic (exact) mass is 221 g/mol. The Bertz CT molecular complexity index is 399. The van der Waals surface area contributed by atoms with Gasteiger partial charge in [-0.05, 0) is 25.5 Å². The summed E-state index contributed by atoms with van der Waals surface area (Å²) in [4.78, 5) is 0. The molecule has 1 atom stereocenters. The number of piperidine rings is 1. The number of nitrogens with one attached hydrogen (secondary N) is 1. The van der Waals surface area contributed by atoms with Gasteiger partial charge in [0.2, 0.25) is 12.5 Å². The summed E-state index contributed by atoms with van der Waals surface area (Å²) >= 11 is 0. The van der Waals surface area contributed by atoms with Gasteiger partial charge in [0.05, 0.1) is 0 Å². The molecule has 1 aromatic carbocycles. The molecule has 0 amide bonds. The van der Waals surface area contributed by atoms with Crippen molar-refractivity contribution in [2.75, 3.05) is 19.9 Å². The Morgan fingerprint density at radius 1 is 1.31 bits per heavy atom. The van der Waals surface area contributed by atoms with E-state index in [0.717, 1.165) is 31.5 Å². The number of aromatic hydroxyl groups is 1. The quantitative estimate of drug-likeness (QED) is 0.756. The summed E-state index contributed by atoms with van der Waals surface area (Å²) in [5, 5.41) is 13.5. The first-order chi connectivity index (χ1) is 7.86. The predicted octanol–water partition coefficient (Wildman–Crippen LogP) is 1.59. The Morgan fingerprint density at radius 2 is 2.25 bits per heavy atom. The third-order valence-corrected chi connectivity index (χ3v) is 3.28. The molecule has 2 N–H and O–H groups in total. The zero-order chi connectivity index (χ0) is 11.0. The Kier molecular flexibility index (Phi) is 2.36. The fourth-order valence-electron chi connectivity index (χ4n) is 2.42. The maximum atomic E-state index is 10.1. The van der Waals surface area contributed by atoms with Gasteiger partial charge in [0.15, 0.2) is 11.5 Å². The van der Waals surface area contributed by atoms with Crippen molar-refractivity contribution in [2.24, 2.45) is 0 Å². The molecule has 1 aromatic rings. The molecule has 1 unspecified atom stereocenters. The van der Waals surface area contributed by atoms with Crippen LogP contribution in [0.4, 0.5) is 0 Å². The van der Waals surface area contributed by atoms with E-state index in [1.165, 1.54) is 0 Å². The maximum Gasteiger partial charge on any atom is 0.231 e. The van der Waals surface area contributed by atoms with Gasteiger partial charge in [-0.25, -0.2) is 0 Å². The molecule has 0 aliphatic carbocycles. The second-order valence-electron chi connectivity index (χ2n) is 4.28. The van der Waals surface area contributed by atoms with Crippen LogP contribution in [0.5, 0.6) is 17.2 Å². The number of rotatable bonds is 1. The lowest BCUT2D eigenvalue weighted by Crippen LogP contribution is -2.28. The topological polar surface area (TPSA) is 50.7 Å². The van der Waals surface area contributed by atoms with Crippen molar-refractivity contribution in [3.05, 3.63) is 17.7 Å². The van der Waals surface area contributed by atoms with Crippen LogP contribution in [-0.2, 0) is 0 Å². The van der Waals surface area contributed by atoms with Gasteiger partial charge in [0.25, 0.3) is 0 Å². The van der Waals surface area contributed by atoms with Crippen LogP contribution in [0, 0.1) is 0 Å². The van der Waals surface area contributed by atoms with E-state index in [9.17, 15) is 5.11 Å². The van der Waals surface area contributed by atoms with Crippen LogP contribution in [0.15, 0.2) is 12.1 Å². The molecule has 1 saturated heterocycles. The van der Waals surface area contributed by atoms with Crippen molar-refractivity contribution in [3.8, 4) is 17.2 Å². The number of benzene rings is 1. The summed E-state index contributed by atoms with van der Waals surface area (Å²) < 4.78 is 10.5. The molecule has 16 heavy (non-hydrogen) atoms. The highest BCUT2D eigenvalue weighted by molar-refractivity contribution is 5.57. The first-order valence-electron chi connectivity index (χ1n) is 5.68. The van der Waals surface area contributed by atoms with Crippen LogP contribution >= 0.6 is 0 Å². The molecule has 1 fully saturated rings. The average Bonchev–Trinajstić information content (AvgIpc) is 2.80. The summed E-state index contributed by atoms with van der Waals surface area (Å²) in [6, 6.07) is 3.83. The van der Waals surface area contributed by atoms with Crippen molar-refractivity contribution in [3.63, 3.8) is 0 Å². The van der Waals surface area contributed by atoms with E-state index in [1.54, 1.807) is 0 Å². The number of fused-ring (bicyclic) bond motifs is 1. The van der Waals surface area contributed by atoms with Gasteiger partial charge >= 0.3 is 0 Å². The van der Waals surface area contributed by atoms with Crippen LogP contribution in [0.3, 0.4) is 0 Å². The lowest BCUT2D eigenvalue weighted by molar-refractivity contribution is 0.171. The minimum Gasteiger partial charge on any atom is -0.504 e. The first-order valence-corrected chi connectivity index (χ1v) is 5.68. The fraction of sp³-hybridized carbons (Fsp3) is 0.500. The van der Waals surface area contributed by atoms with E-state index in [0.29, 0.717) is 17.4 Å². The minimum atomic E-state index is 0.204. The molecular formula is C12H15NO3. The fourth-order valence-corrected chi connectivity index (χ4v) is 2.42. The van der Waals surface area contributed by atoms with Gasteiger partial charge in [-0.2, -0.15) is 0 Å². The molecule has 0 aromatic heterocycles. The highest BCUT2D eigenvalue weighted by Gasteiger charge is 2.25. The number of phenols is 1. The number of hydrogen-bond donors (Lipinski definition) is 2. The van der Waals surface area contributed by atoms with Crippen LogP contribution in [0.2, 0.25) is 0 Å². The molecule has 3 rings (SSSR count). The summed E-state index contributed by atoms with van der Waals surface area (Å²) in [6.07, 6.45) is 2.26. The lowest BCUT2D eigenvalue weighted by Gasteiger charge is -2.24. The smallest absolute Gasteiger partial charge is 0.231 e. The summed E-state index contributed by atoms with van der Waals surface area (Å²) in [7, 11) is 0. The number of phenolic OH excluding ortho intramolecular Hbond substituents is 1. The Balaban J connectivity index is 1.95. The number of hydrogen-bond acceptors (Lipinski definition) is 4. The molecule has 86 valence electrons. The predicted molar refractivity (Wildman–Crippen MR) is 59.1 cm³/mol. The summed E-state index contributed by atoms with van der Waals surface area (Å²) in [5.74, 6) is 1.78. The van der Waals surface area contributed by atoms with E-state index in [1.807, 2.05) is 12.1 Å². The molecule has 4 nitrogen and oxygen atoms in total. The first kappa shape index (κ1) is 9.78. The Hall–Kier alpha value is -1.42. The zero-order valence-corrected chi connectivity index (χ0v) is 9.03. The highest BCUT2D eigenvalue weighted by Crippen LogP contribution is 2.45. The molecule has 0 saturated carbocycles. The number of ether oxygens (including phenoxy) is 2. The van der Waals surface area contributed by atoms with Gasteiger partial charge < -0.3 is 19.9 Å². The lowest BCUT2D eigenvalue weighted by atomic mass is 9.90. The van der Waals surface area contributed by atoms with Gasteiger partial charge in [0, 0.05) is 18.0 Å². The molecule has 2 aliphatic rings. The third kappa shape index (κ3) is 1.50. The van der Waals surface area contributed by atoms with Crippen molar-refractivity contribution < 1.29 is 14.6 Å². The van der Waals surface area contributed by atoms with Gasteiger partial charge in [-0.3, -0.25) is 0 Å². The minimum absolute atomic E-state index is 0.204. The van der Waals surface area contributed by atoms with E-state index < -0.39 is 0 Å². The summed E-state index contributed by atoms with van der Waals surface area (Å²) in [5.41, 5.74) is 0.969. The Morgan fingerprint density at radius 3 is 3.06 bits per heavy atom. The van der Waals surface area contributed by atoms with Crippen LogP contribution < -0.4 is 14.8 Å². The van der Waals surface area contributed by atoms with Gasteiger partial charge in [0.1, 0.15) is 0 Å². The normalized spacial score (nSPS) is 23.4. The van der Waals surface area contributed by atoms with E-state index >= 15 is 0 Å². The standard InChI is InChI=1S/C12H15NO3/c14-11-9(8-2-1-5-13-6-8)3-4-10-12(11)16-7-15-10/h3-4,8,13-14H,1-2,5-7H2.